The highest BCUT2D eigenvalue weighted by Crippen LogP contribution is 2.29. The van der Waals surface area contributed by atoms with E-state index < -0.39 is 6.09 Å². The van der Waals surface area contributed by atoms with Gasteiger partial charge in [-0.1, -0.05) is 0 Å². The third kappa shape index (κ3) is 2.57. The zero-order valence-corrected chi connectivity index (χ0v) is 14.4. The van der Waals surface area contributed by atoms with Gasteiger partial charge in [-0.05, 0) is 24.3 Å². The number of amides is 1. The summed E-state index contributed by atoms with van der Waals surface area (Å²) in [4.78, 5) is 23.0. The van der Waals surface area contributed by atoms with E-state index in [1.807, 2.05) is 29.2 Å². The van der Waals surface area contributed by atoms with Gasteiger partial charge < -0.3 is 19.6 Å². The third-order valence-electron chi connectivity index (χ3n) is 4.62. The molecule has 4 heterocycles. The Bertz CT molecular complexity index is 966. The molecule has 0 saturated carbocycles. The van der Waals surface area contributed by atoms with E-state index in [-0.39, 0.29) is 6.04 Å². The fourth-order valence-corrected chi connectivity index (χ4v) is 3.01. The van der Waals surface area contributed by atoms with Gasteiger partial charge >= 0.3 is 6.09 Å². The van der Waals surface area contributed by atoms with Crippen LogP contribution in [0.5, 0.6) is 5.88 Å². The largest absolute Gasteiger partial charge is 0.481 e. The second kappa shape index (κ2) is 6.17. The highest BCUT2D eigenvalue weighted by Gasteiger charge is 2.33. The fraction of sp³-hybridized carbons (Fsp3) is 0.294. The van der Waals surface area contributed by atoms with Crippen molar-refractivity contribution >= 4 is 17.6 Å². The predicted octanol–water partition coefficient (Wildman–Crippen LogP) is 1.60. The summed E-state index contributed by atoms with van der Waals surface area (Å²) < 4.78 is 7.09. The molecule has 3 aromatic rings. The van der Waals surface area contributed by atoms with Crippen LogP contribution >= 0.6 is 0 Å². The van der Waals surface area contributed by atoms with Crippen LogP contribution in [-0.2, 0) is 0 Å². The van der Waals surface area contributed by atoms with E-state index in [0.29, 0.717) is 19.0 Å². The minimum atomic E-state index is -0.918. The summed E-state index contributed by atoms with van der Waals surface area (Å²) in [5, 5.41) is 13.7. The van der Waals surface area contributed by atoms with Crippen molar-refractivity contribution in [3.8, 4) is 17.1 Å². The molecule has 0 spiro atoms. The van der Waals surface area contributed by atoms with Crippen LogP contribution in [0.25, 0.3) is 16.9 Å². The number of carboxylic acid groups (broad SMARTS) is 1. The quantitative estimate of drug-likeness (QED) is 0.760. The van der Waals surface area contributed by atoms with Crippen molar-refractivity contribution in [1.82, 2.24) is 24.5 Å². The maximum atomic E-state index is 11.0. The second-order valence-electron chi connectivity index (χ2n) is 6.12. The Morgan fingerprint density at radius 3 is 2.85 bits per heavy atom. The van der Waals surface area contributed by atoms with Crippen molar-refractivity contribution in [2.75, 3.05) is 32.1 Å². The number of hydrogen-bond donors (Lipinski definition) is 1. The van der Waals surface area contributed by atoms with Crippen LogP contribution in [0, 0.1) is 0 Å². The van der Waals surface area contributed by atoms with Crippen molar-refractivity contribution < 1.29 is 14.6 Å². The summed E-state index contributed by atoms with van der Waals surface area (Å²) in [7, 11) is 3.16. The summed E-state index contributed by atoms with van der Waals surface area (Å²) >= 11 is 0. The van der Waals surface area contributed by atoms with Gasteiger partial charge in [0.15, 0.2) is 5.65 Å². The van der Waals surface area contributed by atoms with Gasteiger partial charge in [0.2, 0.25) is 5.88 Å². The smallest absolute Gasteiger partial charge is 0.407 e. The van der Waals surface area contributed by atoms with Crippen molar-refractivity contribution in [2.24, 2.45) is 0 Å². The van der Waals surface area contributed by atoms with Crippen molar-refractivity contribution in [3.63, 3.8) is 0 Å². The first-order valence-electron chi connectivity index (χ1n) is 8.13. The topological polar surface area (TPSA) is 96.1 Å². The third-order valence-corrected chi connectivity index (χ3v) is 4.62. The Hall–Kier alpha value is -3.36. The lowest BCUT2D eigenvalue weighted by Crippen LogP contribution is -2.60. The molecule has 9 nitrogen and oxygen atoms in total. The van der Waals surface area contributed by atoms with E-state index in [2.05, 4.69) is 15.1 Å². The highest BCUT2D eigenvalue weighted by atomic mass is 16.5. The maximum Gasteiger partial charge on any atom is 0.407 e. The number of nitrogens with zero attached hydrogens (tertiary/aromatic N) is 6. The molecule has 0 aliphatic carbocycles. The van der Waals surface area contributed by atoms with E-state index >= 15 is 0 Å². The SMILES string of the molecule is COc1ncccc1-c1cnc2ccc(N3CC(N(C)C(=O)O)C3)nn12. The van der Waals surface area contributed by atoms with Gasteiger partial charge in [0.05, 0.1) is 30.6 Å². The number of ether oxygens (including phenoxy) is 1. The molecule has 4 rings (SSSR count). The molecular formula is C17H18N6O3. The van der Waals surface area contributed by atoms with Gasteiger partial charge in [-0.15, -0.1) is 5.10 Å². The number of carbonyl (C=O) groups is 1. The Morgan fingerprint density at radius 2 is 2.12 bits per heavy atom. The Kier molecular flexibility index (Phi) is 3.83. The number of imidazole rings is 1. The number of hydrogen-bond acceptors (Lipinski definition) is 6. The van der Waals surface area contributed by atoms with Crippen LogP contribution in [0.3, 0.4) is 0 Å². The van der Waals surface area contributed by atoms with Crippen molar-refractivity contribution in [3.05, 3.63) is 36.7 Å². The van der Waals surface area contributed by atoms with Gasteiger partial charge in [-0.3, -0.25) is 0 Å². The zero-order valence-electron chi connectivity index (χ0n) is 14.4. The summed E-state index contributed by atoms with van der Waals surface area (Å²) in [5.41, 5.74) is 2.31. The first-order chi connectivity index (χ1) is 12.6. The van der Waals surface area contributed by atoms with Gasteiger partial charge in [-0.25, -0.2) is 19.3 Å². The number of pyridine rings is 1. The molecule has 0 unspecified atom stereocenters. The first-order valence-corrected chi connectivity index (χ1v) is 8.13. The molecule has 1 saturated heterocycles. The lowest BCUT2D eigenvalue weighted by Gasteiger charge is -2.43. The highest BCUT2D eigenvalue weighted by molar-refractivity contribution is 5.68. The number of fused-ring (bicyclic) bond motifs is 1. The van der Waals surface area contributed by atoms with Crippen LogP contribution in [0.1, 0.15) is 0 Å². The van der Waals surface area contributed by atoms with E-state index in [1.165, 1.54) is 4.90 Å². The minimum absolute atomic E-state index is 0.0225. The average Bonchev–Trinajstić information content (AvgIpc) is 3.03. The van der Waals surface area contributed by atoms with E-state index in [0.717, 1.165) is 22.7 Å². The number of aromatic nitrogens is 4. The molecule has 0 atom stereocenters. The van der Waals surface area contributed by atoms with Crippen molar-refractivity contribution in [1.29, 1.82) is 0 Å². The van der Waals surface area contributed by atoms with Gasteiger partial charge in [-0.2, -0.15) is 0 Å². The normalized spacial score (nSPS) is 14.3. The summed E-state index contributed by atoms with van der Waals surface area (Å²) in [6.07, 6.45) is 2.49. The Labute approximate surface area is 149 Å². The Morgan fingerprint density at radius 1 is 1.31 bits per heavy atom. The molecule has 1 aliphatic heterocycles. The second-order valence-corrected chi connectivity index (χ2v) is 6.12. The van der Waals surface area contributed by atoms with Gasteiger partial charge in [0.25, 0.3) is 0 Å². The van der Waals surface area contributed by atoms with E-state index in [9.17, 15) is 4.79 Å². The predicted molar refractivity (Wildman–Crippen MR) is 94.6 cm³/mol. The minimum Gasteiger partial charge on any atom is -0.481 e. The van der Waals surface area contributed by atoms with E-state index in [1.54, 1.807) is 31.1 Å². The number of methoxy groups -OCH3 is 1. The van der Waals surface area contributed by atoms with E-state index in [4.69, 9.17) is 9.84 Å². The average molecular weight is 354 g/mol. The first kappa shape index (κ1) is 16.1. The maximum absolute atomic E-state index is 11.0. The molecule has 0 radical (unpaired) electrons. The summed E-state index contributed by atoms with van der Waals surface area (Å²) in [6.45, 7) is 1.23. The molecule has 1 N–H and O–H groups in total. The molecule has 3 aromatic heterocycles. The fourth-order valence-electron chi connectivity index (χ4n) is 3.01. The lowest BCUT2D eigenvalue weighted by atomic mass is 10.1. The van der Waals surface area contributed by atoms with Crippen LogP contribution < -0.4 is 9.64 Å². The summed E-state index contributed by atoms with van der Waals surface area (Å²) in [5.74, 6) is 1.28. The monoisotopic (exact) mass is 354 g/mol. The molecular weight excluding hydrogens is 336 g/mol. The molecule has 1 aliphatic rings. The van der Waals surface area contributed by atoms with Crippen LogP contribution in [0.15, 0.2) is 36.7 Å². The van der Waals surface area contributed by atoms with Gasteiger partial charge in [0, 0.05) is 26.3 Å². The number of likely N-dealkylation sites (N-methyl/N-ethyl adjacent to an activating group) is 1. The number of anilines is 1. The molecule has 1 amide bonds. The standard InChI is InChI=1S/C17H18N6O3/c1-21(17(24)25)11-9-22(10-11)15-6-5-14-19-8-13(23(14)20-15)12-4-3-7-18-16(12)26-2/h3-8,11H,9-10H2,1-2H3,(H,24,25). The zero-order chi connectivity index (χ0) is 18.3. The van der Waals surface area contributed by atoms with Crippen molar-refractivity contribution in [2.45, 2.75) is 6.04 Å². The molecule has 0 aromatic carbocycles. The van der Waals surface area contributed by atoms with Crippen LogP contribution in [-0.4, -0.2) is 69.0 Å². The molecule has 26 heavy (non-hydrogen) atoms. The molecule has 0 bridgehead atoms. The number of rotatable bonds is 4. The van der Waals surface area contributed by atoms with Gasteiger partial charge in [0.1, 0.15) is 5.82 Å². The molecule has 9 heteroatoms. The van der Waals surface area contributed by atoms with Crippen LogP contribution in [0.4, 0.5) is 10.6 Å². The molecule has 1 fully saturated rings. The Balaban J connectivity index is 1.65. The summed E-state index contributed by atoms with van der Waals surface area (Å²) in [6, 6.07) is 7.51. The lowest BCUT2D eigenvalue weighted by molar-refractivity contribution is 0.129. The van der Waals surface area contributed by atoms with Crippen LogP contribution in [0.2, 0.25) is 0 Å². The molecule has 134 valence electrons.